The van der Waals surface area contributed by atoms with E-state index in [1.54, 1.807) is 42.0 Å². The summed E-state index contributed by atoms with van der Waals surface area (Å²) in [6, 6.07) is -0.0744. The van der Waals surface area contributed by atoms with Crippen LogP contribution in [0.2, 0.25) is 0 Å². The van der Waals surface area contributed by atoms with E-state index < -0.39 is 4.92 Å². The summed E-state index contributed by atoms with van der Waals surface area (Å²) in [6.07, 6.45) is 0. The number of rotatable bonds is 2. The summed E-state index contributed by atoms with van der Waals surface area (Å²) in [5, 5.41) is 29.7. The molecule has 13 nitrogen and oxygen atoms in total. The van der Waals surface area contributed by atoms with Crippen LogP contribution in [0.4, 0.5) is 0 Å². The molecular weight excluding hydrogens is 854 g/mol. The molecule has 0 saturated heterocycles. The third-order valence-electron chi connectivity index (χ3n) is 1.36. The van der Waals surface area contributed by atoms with E-state index in [-0.39, 0.29) is 104 Å². The van der Waals surface area contributed by atoms with Gasteiger partial charge in [0, 0.05) is 33.1 Å². The summed E-state index contributed by atoms with van der Waals surface area (Å²) in [4.78, 5) is 20.3. The summed E-state index contributed by atoms with van der Waals surface area (Å²) in [5.74, 6) is 0.596. The van der Waals surface area contributed by atoms with Crippen LogP contribution < -0.4 is 61.1 Å². The van der Waals surface area contributed by atoms with Crippen LogP contribution in [0, 0.1) is 20.9 Å². The minimum atomic E-state index is -0.500. The molecule has 30 heavy (non-hydrogen) atoms. The second-order valence-corrected chi connectivity index (χ2v) is 4.49. The Hall–Kier alpha value is -0.583. The third-order valence-corrected chi connectivity index (χ3v) is 1.36. The topological polar surface area (TPSA) is 193 Å². The first-order chi connectivity index (χ1) is 10.8. The maximum absolute atomic E-state index is 8.81. The molecule has 0 aliphatic carbocycles. The molecule has 188 valence electrons. The van der Waals surface area contributed by atoms with Gasteiger partial charge in [0.1, 0.15) is 11.7 Å². The molecule has 0 heterocycles. The molecule has 0 fully saturated rings. The first-order valence-electron chi connectivity index (χ1n) is 6.35. The van der Waals surface area contributed by atoms with Crippen molar-refractivity contribution in [1.82, 2.24) is 9.80 Å². The number of nitrogens with zero attached hydrogens (tertiary/aromatic N) is 5. The fourth-order valence-electron chi connectivity index (χ4n) is 0.394. The van der Waals surface area contributed by atoms with Crippen molar-refractivity contribution in [1.29, 1.82) is 10.8 Å². The van der Waals surface area contributed by atoms with Gasteiger partial charge < -0.3 is 80.6 Å². The van der Waals surface area contributed by atoms with E-state index in [1.165, 1.54) is 9.80 Å². The fourth-order valence-corrected chi connectivity index (χ4v) is 0.394. The van der Waals surface area contributed by atoms with Gasteiger partial charge in [0.05, 0.1) is 0 Å². The van der Waals surface area contributed by atoms with E-state index in [1.807, 2.05) is 0 Å². The van der Waals surface area contributed by atoms with Gasteiger partial charge in [-0.15, -0.1) is 0 Å². The van der Waals surface area contributed by atoms with Crippen LogP contribution in [0.1, 0.15) is 13.8 Å². The number of nitro groups is 1. The second-order valence-electron chi connectivity index (χ2n) is 4.49. The van der Waals surface area contributed by atoms with Crippen molar-refractivity contribution in [3.63, 3.8) is 0 Å². The Labute approximate surface area is 230 Å². The Morgan fingerprint density at radius 2 is 1.00 bits per heavy atom. The maximum atomic E-state index is 8.81. The Kier molecular flexibility index (Phi) is 68.1. The molecule has 0 aliphatic heterocycles. The molecule has 0 bridgehead atoms. The monoisotopic (exact) mass is 879 g/mol. The first kappa shape index (κ1) is 57.0. The van der Waals surface area contributed by atoms with Crippen LogP contribution in [0.3, 0.4) is 0 Å². The molecule has 6 N–H and O–H groups in total. The van der Waals surface area contributed by atoms with E-state index in [2.05, 4.69) is 20.0 Å². The summed E-state index contributed by atoms with van der Waals surface area (Å²) in [5.41, 5.74) is 10.3. The van der Waals surface area contributed by atoms with Gasteiger partial charge >= 0.3 is 54.2 Å². The summed E-state index contributed by atoms with van der Waals surface area (Å²) in [6.45, 7) is 3.17. The predicted octanol–water partition coefficient (Wildman–Crippen LogP) is -12.5. The Balaban J connectivity index is -0.0000000305. The second kappa shape index (κ2) is 35.8. The molecule has 0 aliphatic rings. The van der Waals surface area contributed by atoms with Crippen LogP contribution in [-0.4, -0.2) is 73.7 Å². The van der Waals surface area contributed by atoms with Crippen molar-refractivity contribution in [2.75, 3.05) is 35.2 Å². The van der Waals surface area contributed by atoms with Crippen molar-refractivity contribution >= 4 is 23.7 Å². The Bertz CT molecular complexity index is 440. The van der Waals surface area contributed by atoms with Gasteiger partial charge in [-0.1, -0.05) is 10.3 Å². The predicted molar refractivity (Wildman–Crippen MR) is 92.5 cm³/mol. The van der Waals surface area contributed by atoms with Gasteiger partial charge in [-0.2, -0.15) is 0 Å². The van der Waals surface area contributed by atoms with Crippen molar-refractivity contribution in [2.24, 2.45) is 21.8 Å². The summed E-state index contributed by atoms with van der Waals surface area (Å²) < 4.78 is 0. The maximum Gasteiger partial charge on any atom is 2.00 e. The summed E-state index contributed by atoms with van der Waals surface area (Å²) in [7, 11) is 7.63. The smallest absolute Gasteiger partial charge is 1.00 e. The molecule has 0 saturated carbocycles. The van der Waals surface area contributed by atoms with Gasteiger partial charge in [0.15, 0.2) is 7.05 Å². The van der Waals surface area contributed by atoms with Crippen LogP contribution in [0.25, 0.3) is 0 Å². The molecule has 0 aromatic rings. The molecule has 0 rings (SSSR count). The summed E-state index contributed by atoms with van der Waals surface area (Å²) >= 11 is 0. The number of nitrogens with one attached hydrogen (secondary N) is 2. The SMILES string of the molecule is C/C(N)=N\OC(=N)N(C)C.C/C(N)=N\OC(=N)N(C)C.C[N+](=O)[O-].[Cl-].[Cl-].[Cl-].[Cl-].[Pt+2].[Pt+2]. The van der Waals surface area contributed by atoms with Crippen LogP contribution >= 0.6 is 0 Å². The molecule has 0 spiro atoms. The van der Waals surface area contributed by atoms with Gasteiger partial charge in [0.25, 0.3) is 0 Å². The average molecular weight is 881 g/mol. The molecule has 0 unspecified atom stereocenters. The fraction of sp³-hybridized carbons (Fsp3) is 0.636. The van der Waals surface area contributed by atoms with E-state index in [9.17, 15) is 0 Å². The molecule has 0 amide bonds. The molecule has 0 aromatic heterocycles. The number of amidine groups is 4. The van der Waals surface area contributed by atoms with Crippen molar-refractivity contribution < 1.29 is 106 Å². The van der Waals surface area contributed by atoms with Gasteiger partial charge in [-0.25, -0.2) is 10.8 Å². The molecule has 0 radical (unpaired) electrons. The minimum Gasteiger partial charge on any atom is -1.00 e. The van der Waals surface area contributed by atoms with Crippen LogP contribution in [-0.2, 0) is 51.8 Å². The zero-order chi connectivity index (χ0) is 19.9. The van der Waals surface area contributed by atoms with E-state index >= 15 is 0 Å². The largest absolute Gasteiger partial charge is 2.00 e. The van der Waals surface area contributed by atoms with E-state index in [0.717, 1.165) is 7.05 Å². The minimum absolute atomic E-state index is 0. The molecule has 0 aromatic carbocycles. The third kappa shape index (κ3) is 63.1. The number of oxime groups is 2. The van der Waals surface area contributed by atoms with Gasteiger partial charge in [-0.05, 0) is 13.8 Å². The van der Waals surface area contributed by atoms with Crippen LogP contribution in [0.5, 0.6) is 0 Å². The van der Waals surface area contributed by atoms with Crippen molar-refractivity contribution in [2.45, 2.75) is 13.8 Å². The normalized spacial score (nSPS) is 8.10. The molecule has 19 heteroatoms. The average Bonchev–Trinajstić information content (AvgIpc) is 2.41. The first-order valence-corrected chi connectivity index (χ1v) is 6.35. The number of nitrogens with two attached hydrogens (primary N) is 2. The zero-order valence-corrected chi connectivity index (χ0v) is 24.7. The Morgan fingerprint density at radius 3 is 1.10 bits per heavy atom. The van der Waals surface area contributed by atoms with E-state index in [4.69, 9.17) is 32.4 Å². The van der Waals surface area contributed by atoms with Crippen LogP contribution in [0.15, 0.2) is 10.3 Å². The van der Waals surface area contributed by atoms with Crippen molar-refractivity contribution in [3.8, 4) is 0 Å². The quantitative estimate of drug-likeness (QED) is 0.0910. The number of hydrogen-bond acceptors (Lipinski definition) is 8. The molecular formula is C11H27Cl4N9O4Pt2. The van der Waals surface area contributed by atoms with Crippen molar-refractivity contribution in [3.05, 3.63) is 10.1 Å². The van der Waals surface area contributed by atoms with Gasteiger partial charge in [-0.3, -0.25) is 10.1 Å². The Morgan fingerprint density at radius 1 is 0.833 bits per heavy atom. The molecule has 0 atom stereocenters. The standard InChI is InChI=1S/2C5H12N4O.CH3NO2.4ClH.2Pt/c2*1-4(6)8-10-5(7)9(2)3;1-2(3)4;;;;;;/h2*7H,1-3H3,(H2,6,8);1H3;4*1H;;/q;;;;;;;2*+2/p-4. The number of halogens is 4. The number of hydrogen-bond donors (Lipinski definition) is 4. The van der Waals surface area contributed by atoms with E-state index in [0.29, 0.717) is 11.7 Å². The van der Waals surface area contributed by atoms with Gasteiger partial charge in [0.2, 0.25) is 0 Å². The zero-order valence-electron chi connectivity index (χ0n) is 17.2.